The van der Waals surface area contributed by atoms with Gasteiger partial charge >= 0.3 is 0 Å². The van der Waals surface area contributed by atoms with E-state index in [1.165, 1.54) is 0 Å². The van der Waals surface area contributed by atoms with Crippen LogP contribution in [0.15, 0.2) is 48.5 Å². The van der Waals surface area contributed by atoms with Crippen LogP contribution >= 0.6 is 0 Å². The van der Waals surface area contributed by atoms with E-state index in [0.717, 1.165) is 35.3 Å². The Labute approximate surface area is 158 Å². The fraction of sp³-hybridized carbons (Fsp3) is 0.364. The van der Waals surface area contributed by atoms with E-state index < -0.39 is 6.04 Å². The number of benzene rings is 2. The molecule has 1 aliphatic carbocycles. The van der Waals surface area contributed by atoms with E-state index in [2.05, 4.69) is 6.07 Å². The lowest BCUT2D eigenvalue weighted by molar-refractivity contribution is -0.148. The minimum Gasteiger partial charge on any atom is -0.496 e. The summed E-state index contributed by atoms with van der Waals surface area (Å²) in [5.41, 5.74) is 2.88. The molecule has 3 atom stereocenters. The molecule has 0 spiro atoms. The fourth-order valence-electron chi connectivity index (χ4n) is 4.12. The number of hydrogen-bond acceptors (Lipinski definition) is 4. The van der Waals surface area contributed by atoms with Crippen LogP contribution in [0.3, 0.4) is 0 Å². The Kier molecular flexibility index (Phi) is 4.59. The predicted octanol–water partition coefficient (Wildman–Crippen LogP) is 2.95. The van der Waals surface area contributed by atoms with Gasteiger partial charge < -0.3 is 14.7 Å². The fourth-order valence-corrected chi connectivity index (χ4v) is 4.12. The SMILES string of the molecule is COc1ccccc1-c1ccccc1[C@@H]1[C@H](C#N)N(C(=O)C2CC2)[C@H]1CO. The lowest BCUT2D eigenvalue weighted by atomic mass is 9.73. The average molecular weight is 362 g/mol. The van der Waals surface area contributed by atoms with Crippen LogP contribution in [0.5, 0.6) is 5.75 Å². The van der Waals surface area contributed by atoms with Crippen molar-refractivity contribution in [3.63, 3.8) is 0 Å². The number of nitrogens with zero attached hydrogens (tertiary/aromatic N) is 2. The first-order valence-electron chi connectivity index (χ1n) is 9.26. The van der Waals surface area contributed by atoms with Crippen LogP contribution in [0.25, 0.3) is 11.1 Å². The number of nitriles is 1. The largest absolute Gasteiger partial charge is 0.496 e. The molecule has 2 aliphatic rings. The third-order valence-corrected chi connectivity index (χ3v) is 5.63. The molecule has 0 aromatic heterocycles. The number of aliphatic hydroxyl groups excluding tert-OH is 1. The quantitative estimate of drug-likeness (QED) is 0.887. The van der Waals surface area contributed by atoms with Crippen molar-refractivity contribution in [3.8, 4) is 22.9 Å². The standard InChI is InChI=1S/C22H22N2O3/c1-27-20-9-5-4-7-16(20)15-6-2-3-8-17(15)21-18(12-23)24(19(21)13-25)22(26)14-10-11-14/h2-9,14,18-19,21,25H,10-11,13H2,1H3/t18-,19-,21+/m0/s1. The van der Waals surface area contributed by atoms with Crippen molar-refractivity contribution in [3.05, 3.63) is 54.1 Å². The van der Waals surface area contributed by atoms with E-state index in [0.29, 0.717) is 0 Å². The van der Waals surface area contributed by atoms with E-state index in [1.807, 2.05) is 48.5 Å². The number of carbonyl (C=O) groups is 1. The number of likely N-dealkylation sites (tertiary alicyclic amines) is 1. The van der Waals surface area contributed by atoms with Crippen molar-refractivity contribution >= 4 is 5.91 Å². The highest BCUT2D eigenvalue weighted by Gasteiger charge is 2.54. The summed E-state index contributed by atoms with van der Waals surface area (Å²) in [4.78, 5) is 14.2. The molecular weight excluding hydrogens is 340 g/mol. The zero-order chi connectivity index (χ0) is 19.0. The van der Waals surface area contributed by atoms with Crippen molar-refractivity contribution in [2.24, 2.45) is 5.92 Å². The molecule has 1 amide bonds. The Balaban J connectivity index is 1.75. The molecule has 27 heavy (non-hydrogen) atoms. The van der Waals surface area contributed by atoms with Gasteiger partial charge in [0.1, 0.15) is 11.8 Å². The molecule has 0 radical (unpaired) electrons. The highest BCUT2D eigenvalue weighted by molar-refractivity contribution is 5.84. The van der Waals surface area contributed by atoms with Crippen LogP contribution in [0.2, 0.25) is 0 Å². The Morgan fingerprint density at radius 3 is 2.48 bits per heavy atom. The molecule has 5 nitrogen and oxygen atoms in total. The zero-order valence-corrected chi connectivity index (χ0v) is 15.2. The number of para-hydroxylation sites is 1. The number of methoxy groups -OCH3 is 1. The average Bonchev–Trinajstić information content (AvgIpc) is 3.53. The molecule has 0 unspecified atom stereocenters. The van der Waals surface area contributed by atoms with Crippen LogP contribution in [0.4, 0.5) is 0 Å². The van der Waals surface area contributed by atoms with Crippen molar-refractivity contribution in [1.82, 2.24) is 4.90 Å². The molecule has 1 aliphatic heterocycles. The first kappa shape index (κ1) is 17.6. The van der Waals surface area contributed by atoms with Gasteiger partial charge in [-0.25, -0.2) is 0 Å². The summed E-state index contributed by atoms with van der Waals surface area (Å²) in [6, 6.07) is 17.0. The van der Waals surface area contributed by atoms with E-state index in [1.54, 1.807) is 12.0 Å². The Morgan fingerprint density at radius 1 is 1.19 bits per heavy atom. The number of rotatable bonds is 5. The smallest absolute Gasteiger partial charge is 0.227 e. The minimum atomic E-state index is -0.550. The molecule has 1 saturated carbocycles. The third kappa shape index (κ3) is 2.87. The van der Waals surface area contributed by atoms with Crippen molar-refractivity contribution in [2.75, 3.05) is 13.7 Å². The van der Waals surface area contributed by atoms with Crippen LogP contribution in [-0.4, -0.2) is 41.7 Å². The molecule has 2 aromatic carbocycles. The van der Waals surface area contributed by atoms with E-state index >= 15 is 0 Å². The maximum Gasteiger partial charge on any atom is 0.227 e. The van der Waals surface area contributed by atoms with Gasteiger partial charge in [-0.3, -0.25) is 4.79 Å². The summed E-state index contributed by atoms with van der Waals surface area (Å²) >= 11 is 0. The van der Waals surface area contributed by atoms with Gasteiger partial charge in [-0.05, 0) is 30.0 Å². The Morgan fingerprint density at radius 2 is 1.85 bits per heavy atom. The number of carbonyl (C=O) groups excluding carboxylic acids is 1. The highest BCUT2D eigenvalue weighted by atomic mass is 16.5. The topological polar surface area (TPSA) is 73.6 Å². The number of ether oxygens (including phenoxy) is 1. The molecular formula is C22H22N2O3. The van der Waals surface area contributed by atoms with E-state index in [-0.39, 0.29) is 30.4 Å². The lowest BCUT2D eigenvalue weighted by Gasteiger charge is -2.52. The summed E-state index contributed by atoms with van der Waals surface area (Å²) in [7, 11) is 1.63. The highest BCUT2D eigenvalue weighted by Crippen LogP contribution is 2.47. The summed E-state index contributed by atoms with van der Waals surface area (Å²) in [5, 5.41) is 19.8. The molecule has 4 rings (SSSR count). The molecule has 138 valence electrons. The zero-order valence-electron chi connectivity index (χ0n) is 15.2. The molecule has 0 bridgehead atoms. The molecule has 2 aromatic rings. The van der Waals surface area contributed by atoms with Crippen molar-refractivity contribution in [2.45, 2.75) is 30.8 Å². The lowest BCUT2D eigenvalue weighted by Crippen LogP contribution is -2.65. The summed E-state index contributed by atoms with van der Waals surface area (Å²) in [6.07, 6.45) is 1.77. The second-order valence-electron chi connectivity index (χ2n) is 7.16. The molecule has 5 heteroatoms. The summed E-state index contributed by atoms with van der Waals surface area (Å²) in [6.45, 7) is -0.151. The van der Waals surface area contributed by atoms with E-state index in [4.69, 9.17) is 4.74 Å². The third-order valence-electron chi connectivity index (χ3n) is 5.63. The van der Waals surface area contributed by atoms with Gasteiger partial charge in [0.05, 0.1) is 25.8 Å². The maximum atomic E-state index is 12.6. The van der Waals surface area contributed by atoms with Gasteiger partial charge in [0, 0.05) is 17.4 Å². The predicted molar refractivity (Wildman–Crippen MR) is 101 cm³/mol. The van der Waals surface area contributed by atoms with Gasteiger partial charge in [0.25, 0.3) is 0 Å². The maximum absolute atomic E-state index is 12.6. The van der Waals surface area contributed by atoms with Crippen LogP contribution in [-0.2, 0) is 4.79 Å². The summed E-state index contributed by atoms with van der Waals surface area (Å²) in [5.74, 6) is 0.569. The molecule has 1 saturated heterocycles. The van der Waals surface area contributed by atoms with Gasteiger partial charge in [-0.2, -0.15) is 5.26 Å². The Bertz CT molecular complexity index is 900. The number of amides is 1. The van der Waals surface area contributed by atoms with Crippen LogP contribution in [0, 0.1) is 17.2 Å². The van der Waals surface area contributed by atoms with Crippen LogP contribution in [0.1, 0.15) is 24.3 Å². The monoisotopic (exact) mass is 362 g/mol. The summed E-state index contributed by atoms with van der Waals surface area (Å²) < 4.78 is 5.51. The minimum absolute atomic E-state index is 0.00613. The molecule has 2 fully saturated rings. The van der Waals surface area contributed by atoms with Crippen molar-refractivity contribution < 1.29 is 14.6 Å². The normalized spacial score (nSPS) is 24.0. The molecule has 1 N–H and O–H groups in total. The van der Waals surface area contributed by atoms with E-state index in [9.17, 15) is 15.2 Å². The second-order valence-corrected chi connectivity index (χ2v) is 7.16. The number of hydrogen-bond donors (Lipinski definition) is 1. The van der Waals surface area contributed by atoms with Gasteiger partial charge in [0.2, 0.25) is 5.91 Å². The van der Waals surface area contributed by atoms with Crippen LogP contribution < -0.4 is 4.74 Å². The van der Waals surface area contributed by atoms with Gasteiger partial charge in [-0.1, -0.05) is 42.5 Å². The van der Waals surface area contributed by atoms with Crippen molar-refractivity contribution in [1.29, 1.82) is 5.26 Å². The first-order chi connectivity index (χ1) is 13.2. The Hall–Kier alpha value is -2.84. The van der Waals surface area contributed by atoms with Gasteiger partial charge in [0.15, 0.2) is 0 Å². The first-order valence-corrected chi connectivity index (χ1v) is 9.26. The number of aliphatic hydroxyl groups is 1. The van der Waals surface area contributed by atoms with Gasteiger partial charge in [-0.15, -0.1) is 0 Å². The molecule has 1 heterocycles. The second kappa shape index (κ2) is 7.05.